The van der Waals surface area contributed by atoms with Crippen LogP contribution in [0.4, 0.5) is 11.4 Å². The molecule has 1 aliphatic heterocycles. The maximum absolute atomic E-state index is 12.9. The average molecular weight is 629 g/mol. The number of rotatable bonds is 7. The van der Waals surface area contributed by atoms with Crippen LogP contribution in [0.15, 0.2) is 105 Å². The molecule has 1 N–H and O–H groups in total. The second-order valence-corrected chi connectivity index (χ2v) is 11.4. The number of nitrogens with zero attached hydrogens (tertiary/aromatic N) is 4. The normalized spacial score (nSPS) is 13.4. The van der Waals surface area contributed by atoms with E-state index in [1.54, 1.807) is 0 Å². The van der Waals surface area contributed by atoms with E-state index >= 15 is 0 Å². The number of thioether (sulfide) groups is 1. The van der Waals surface area contributed by atoms with E-state index in [9.17, 15) is 9.59 Å². The van der Waals surface area contributed by atoms with Gasteiger partial charge in [0.05, 0.1) is 11.3 Å². The minimum atomic E-state index is -0.160. The number of aromatic nitrogens is 2. The summed E-state index contributed by atoms with van der Waals surface area (Å²) in [6, 6.07) is 29.3. The number of nitrogens with one attached hydrogen (secondary N) is 1. The van der Waals surface area contributed by atoms with Crippen LogP contribution in [0.5, 0.6) is 0 Å². The molecule has 6 rings (SSSR count). The highest BCUT2D eigenvalue weighted by molar-refractivity contribution is 9.10. The van der Waals surface area contributed by atoms with Crippen molar-refractivity contribution < 1.29 is 14.0 Å². The molecule has 8 nitrogen and oxygen atoms in total. The van der Waals surface area contributed by atoms with Crippen molar-refractivity contribution in [2.24, 2.45) is 0 Å². The molecule has 0 spiro atoms. The van der Waals surface area contributed by atoms with Crippen molar-refractivity contribution in [1.29, 1.82) is 0 Å². The van der Waals surface area contributed by atoms with Crippen molar-refractivity contribution >= 4 is 61.7 Å². The van der Waals surface area contributed by atoms with Crippen molar-refractivity contribution in [2.45, 2.75) is 5.22 Å². The van der Waals surface area contributed by atoms with Gasteiger partial charge in [-0.2, -0.15) is 0 Å². The predicted molar refractivity (Wildman–Crippen MR) is 165 cm³/mol. The Hall–Kier alpha value is -4.15. The number of halogens is 1. The lowest BCUT2D eigenvalue weighted by molar-refractivity contribution is -0.113. The smallest absolute Gasteiger partial charge is 0.277 e. The highest BCUT2D eigenvalue weighted by Crippen LogP contribution is 2.27. The monoisotopic (exact) mass is 627 g/mol. The van der Waals surface area contributed by atoms with Gasteiger partial charge in [-0.25, -0.2) is 0 Å². The molecular weight excluding hydrogens is 602 g/mol. The molecule has 1 saturated heterocycles. The van der Waals surface area contributed by atoms with E-state index in [-0.39, 0.29) is 17.6 Å². The molecule has 2 amide bonds. The molecule has 1 fully saturated rings. The molecule has 10 heteroatoms. The van der Waals surface area contributed by atoms with E-state index in [2.05, 4.69) is 42.4 Å². The summed E-state index contributed by atoms with van der Waals surface area (Å²) in [6.45, 7) is 2.77. The molecule has 2 heterocycles. The molecule has 0 radical (unpaired) electrons. The maximum atomic E-state index is 12.9. The highest BCUT2D eigenvalue weighted by Gasteiger charge is 2.23. The fraction of sp³-hybridized carbons (Fsp3) is 0.161. The number of amides is 2. The van der Waals surface area contributed by atoms with Gasteiger partial charge in [0.25, 0.3) is 11.1 Å². The third-order valence-corrected chi connectivity index (χ3v) is 8.43. The quantitative estimate of drug-likeness (QED) is 0.210. The van der Waals surface area contributed by atoms with Crippen molar-refractivity contribution in [3.63, 3.8) is 0 Å². The Bertz CT molecular complexity index is 1700. The SMILES string of the molecule is O=C(CSc1nnc(-c2ccc3ccccc3c2)o1)Nc1ccc(N2CCN(C(=O)c3ccccc3Br)CC2)cc1. The topological polar surface area (TPSA) is 91.6 Å². The fourth-order valence-corrected chi connectivity index (χ4v) is 5.78. The molecular formula is C31H26BrN5O3S. The Kier molecular flexibility index (Phi) is 8.02. The Morgan fingerprint density at radius 1 is 0.854 bits per heavy atom. The summed E-state index contributed by atoms with van der Waals surface area (Å²) < 4.78 is 6.60. The van der Waals surface area contributed by atoms with Gasteiger partial charge in [-0.15, -0.1) is 10.2 Å². The molecule has 4 aromatic carbocycles. The van der Waals surface area contributed by atoms with Gasteiger partial charge in [-0.05, 0) is 75.2 Å². The molecule has 5 aromatic rings. The Labute approximate surface area is 249 Å². The van der Waals surface area contributed by atoms with E-state index in [1.807, 2.05) is 89.8 Å². The van der Waals surface area contributed by atoms with Crippen LogP contribution in [0.25, 0.3) is 22.2 Å². The summed E-state index contributed by atoms with van der Waals surface area (Å²) in [6.07, 6.45) is 0. The van der Waals surface area contributed by atoms with Crippen LogP contribution < -0.4 is 10.2 Å². The van der Waals surface area contributed by atoms with Gasteiger partial charge >= 0.3 is 0 Å². The number of hydrogen-bond donors (Lipinski definition) is 1. The summed E-state index contributed by atoms with van der Waals surface area (Å²) in [5, 5.41) is 13.7. The first-order valence-electron chi connectivity index (χ1n) is 13.2. The largest absolute Gasteiger partial charge is 0.411 e. The first-order valence-corrected chi connectivity index (χ1v) is 15.0. The lowest BCUT2D eigenvalue weighted by Gasteiger charge is -2.36. The van der Waals surface area contributed by atoms with Crippen molar-refractivity contribution in [1.82, 2.24) is 15.1 Å². The van der Waals surface area contributed by atoms with Crippen LogP contribution in [-0.4, -0.2) is 58.8 Å². The summed E-state index contributed by atoms with van der Waals surface area (Å²) >= 11 is 4.67. The van der Waals surface area contributed by atoms with Crippen molar-refractivity contribution in [3.05, 3.63) is 101 Å². The number of anilines is 2. The van der Waals surface area contributed by atoms with Crippen LogP contribution in [0.1, 0.15) is 10.4 Å². The molecule has 0 unspecified atom stereocenters. The van der Waals surface area contributed by atoms with Crippen molar-refractivity contribution in [3.8, 4) is 11.5 Å². The molecule has 0 aliphatic carbocycles. The van der Waals surface area contributed by atoms with E-state index in [0.29, 0.717) is 35.5 Å². The maximum Gasteiger partial charge on any atom is 0.277 e. The zero-order valence-electron chi connectivity index (χ0n) is 22.0. The summed E-state index contributed by atoms with van der Waals surface area (Å²) in [5.74, 6) is 0.451. The first-order chi connectivity index (χ1) is 20.0. The minimum Gasteiger partial charge on any atom is -0.411 e. The molecule has 1 aliphatic rings. The number of hydrogen-bond acceptors (Lipinski definition) is 7. The highest BCUT2D eigenvalue weighted by atomic mass is 79.9. The van der Waals surface area contributed by atoms with Gasteiger partial charge in [0, 0.05) is 47.6 Å². The van der Waals surface area contributed by atoms with Gasteiger partial charge < -0.3 is 19.5 Å². The lowest BCUT2D eigenvalue weighted by atomic mass is 10.1. The van der Waals surface area contributed by atoms with Gasteiger partial charge in [0.1, 0.15) is 0 Å². The van der Waals surface area contributed by atoms with Crippen LogP contribution in [-0.2, 0) is 4.79 Å². The van der Waals surface area contributed by atoms with Gasteiger partial charge in [0.2, 0.25) is 11.8 Å². The number of benzene rings is 4. The van der Waals surface area contributed by atoms with Crippen molar-refractivity contribution in [2.75, 3.05) is 42.1 Å². The van der Waals surface area contributed by atoms with Crippen LogP contribution in [0.2, 0.25) is 0 Å². The summed E-state index contributed by atoms with van der Waals surface area (Å²) in [4.78, 5) is 29.6. The minimum absolute atomic E-state index is 0.0403. The summed E-state index contributed by atoms with van der Waals surface area (Å²) in [7, 11) is 0. The Morgan fingerprint density at radius 3 is 2.37 bits per heavy atom. The zero-order chi connectivity index (χ0) is 28.2. The number of carbonyl (C=O) groups excluding carboxylic acids is 2. The third kappa shape index (κ3) is 6.28. The summed E-state index contributed by atoms with van der Waals surface area (Å²) in [5.41, 5.74) is 3.29. The van der Waals surface area contributed by atoms with Crippen LogP contribution >= 0.6 is 27.7 Å². The van der Waals surface area contributed by atoms with Gasteiger partial charge in [0.15, 0.2) is 0 Å². The third-order valence-electron chi connectivity index (χ3n) is 6.92. The molecule has 0 atom stereocenters. The Morgan fingerprint density at radius 2 is 1.59 bits per heavy atom. The second kappa shape index (κ2) is 12.2. The van der Waals surface area contributed by atoms with E-state index in [1.165, 1.54) is 11.8 Å². The molecule has 0 bridgehead atoms. The molecule has 1 aromatic heterocycles. The Balaban J connectivity index is 0.985. The van der Waals surface area contributed by atoms with E-state index in [4.69, 9.17) is 4.42 Å². The first kappa shape index (κ1) is 27.0. The molecule has 206 valence electrons. The molecule has 0 saturated carbocycles. The van der Waals surface area contributed by atoms with E-state index in [0.717, 1.165) is 39.6 Å². The molecule has 41 heavy (non-hydrogen) atoms. The lowest BCUT2D eigenvalue weighted by Crippen LogP contribution is -2.48. The number of piperazine rings is 1. The van der Waals surface area contributed by atoms with Crippen LogP contribution in [0, 0.1) is 0 Å². The van der Waals surface area contributed by atoms with Crippen LogP contribution in [0.3, 0.4) is 0 Å². The van der Waals surface area contributed by atoms with Gasteiger partial charge in [-0.1, -0.05) is 54.2 Å². The average Bonchev–Trinajstić information content (AvgIpc) is 3.49. The number of carbonyl (C=O) groups is 2. The zero-order valence-corrected chi connectivity index (χ0v) is 24.4. The van der Waals surface area contributed by atoms with Gasteiger partial charge in [-0.3, -0.25) is 9.59 Å². The fourth-order valence-electron chi connectivity index (χ4n) is 4.76. The van der Waals surface area contributed by atoms with E-state index < -0.39 is 0 Å². The standard InChI is InChI=1S/C31H26BrN5O3S/c32-27-8-4-3-7-26(27)30(39)37-17-15-36(16-18-37)25-13-11-24(12-14-25)33-28(38)20-41-31-35-34-29(40-31)23-10-9-21-5-1-2-6-22(21)19-23/h1-14,19H,15-18,20H2,(H,33,38). The second-order valence-electron chi connectivity index (χ2n) is 9.58. The number of fused-ring (bicyclic) bond motifs is 1. The predicted octanol–water partition coefficient (Wildman–Crippen LogP) is 6.35.